The highest BCUT2D eigenvalue weighted by molar-refractivity contribution is 5.85. The molecule has 0 spiro atoms. The SMILES string of the molecule is CN1CCN(Cc2ccc(CN)cc2)CC1.Cl. The minimum absolute atomic E-state index is 0. The van der Waals surface area contributed by atoms with Gasteiger partial charge in [0.25, 0.3) is 0 Å². The summed E-state index contributed by atoms with van der Waals surface area (Å²) in [7, 11) is 2.19. The fraction of sp³-hybridized carbons (Fsp3) is 0.538. The molecule has 1 saturated heterocycles. The van der Waals surface area contributed by atoms with Crippen LogP contribution in [0.3, 0.4) is 0 Å². The molecule has 0 saturated carbocycles. The van der Waals surface area contributed by atoms with Gasteiger partial charge in [-0.2, -0.15) is 0 Å². The Hall–Kier alpha value is -0.610. The average molecular weight is 256 g/mol. The highest BCUT2D eigenvalue weighted by atomic mass is 35.5. The molecular weight excluding hydrogens is 234 g/mol. The van der Waals surface area contributed by atoms with Crippen LogP contribution in [0.15, 0.2) is 24.3 Å². The van der Waals surface area contributed by atoms with Gasteiger partial charge >= 0.3 is 0 Å². The zero-order valence-electron chi connectivity index (χ0n) is 10.4. The maximum atomic E-state index is 5.58. The first-order chi connectivity index (χ1) is 7.78. The standard InChI is InChI=1S/C13H21N3.ClH/c1-15-6-8-16(9-7-15)11-13-4-2-12(10-14)3-5-13;/h2-5H,6-11,14H2,1H3;1H. The highest BCUT2D eigenvalue weighted by Gasteiger charge is 2.13. The molecule has 1 aromatic rings. The number of hydrogen-bond acceptors (Lipinski definition) is 3. The molecule has 1 aliphatic heterocycles. The molecule has 1 heterocycles. The van der Waals surface area contributed by atoms with Crippen molar-refractivity contribution in [2.75, 3.05) is 33.2 Å². The molecular formula is C13H22ClN3. The van der Waals surface area contributed by atoms with E-state index in [0.717, 1.165) is 6.54 Å². The maximum absolute atomic E-state index is 5.58. The molecule has 0 radical (unpaired) electrons. The lowest BCUT2D eigenvalue weighted by molar-refractivity contribution is 0.148. The summed E-state index contributed by atoms with van der Waals surface area (Å²) in [6, 6.07) is 8.65. The summed E-state index contributed by atoms with van der Waals surface area (Å²) in [6.07, 6.45) is 0. The monoisotopic (exact) mass is 255 g/mol. The van der Waals surface area contributed by atoms with Crippen LogP contribution in [-0.2, 0) is 13.1 Å². The van der Waals surface area contributed by atoms with Gasteiger partial charge in [0.05, 0.1) is 0 Å². The lowest BCUT2D eigenvalue weighted by Gasteiger charge is -2.32. The lowest BCUT2D eigenvalue weighted by Crippen LogP contribution is -2.43. The summed E-state index contributed by atoms with van der Waals surface area (Å²) >= 11 is 0. The van der Waals surface area contributed by atoms with Crippen LogP contribution in [0.4, 0.5) is 0 Å². The van der Waals surface area contributed by atoms with E-state index in [2.05, 4.69) is 41.1 Å². The van der Waals surface area contributed by atoms with E-state index >= 15 is 0 Å². The molecule has 0 atom stereocenters. The normalized spacial score (nSPS) is 17.8. The third-order valence-electron chi connectivity index (χ3n) is 3.26. The lowest BCUT2D eigenvalue weighted by atomic mass is 10.1. The van der Waals surface area contributed by atoms with E-state index in [1.165, 1.54) is 37.3 Å². The zero-order chi connectivity index (χ0) is 11.4. The molecule has 0 bridgehead atoms. The first-order valence-electron chi connectivity index (χ1n) is 5.97. The van der Waals surface area contributed by atoms with Crippen LogP contribution in [-0.4, -0.2) is 43.0 Å². The predicted octanol–water partition coefficient (Wildman–Crippen LogP) is 1.31. The average Bonchev–Trinajstić information content (AvgIpc) is 2.33. The van der Waals surface area contributed by atoms with Crippen molar-refractivity contribution >= 4 is 12.4 Å². The summed E-state index contributed by atoms with van der Waals surface area (Å²) in [4.78, 5) is 4.89. The van der Waals surface area contributed by atoms with Crippen molar-refractivity contribution in [2.24, 2.45) is 5.73 Å². The van der Waals surface area contributed by atoms with Gasteiger partial charge in [0.2, 0.25) is 0 Å². The summed E-state index contributed by atoms with van der Waals surface area (Å²) < 4.78 is 0. The summed E-state index contributed by atoms with van der Waals surface area (Å²) in [6.45, 7) is 6.42. The number of likely N-dealkylation sites (N-methyl/N-ethyl adjacent to an activating group) is 1. The van der Waals surface area contributed by atoms with Crippen LogP contribution in [0.1, 0.15) is 11.1 Å². The van der Waals surface area contributed by atoms with Crippen molar-refractivity contribution in [3.63, 3.8) is 0 Å². The number of benzene rings is 1. The highest BCUT2D eigenvalue weighted by Crippen LogP contribution is 2.09. The second-order valence-corrected chi connectivity index (χ2v) is 4.60. The number of nitrogens with zero attached hydrogens (tertiary/aromatic N) is 2. The Kier molecular flexibility index (Phi) is 5.92. The van der Waals surface area contributed by atoms with Crippen LogP contribution in [0, 0.1) is 0 Å². The van der Waals surface area contributed by atoms with Crippen molar-refractivity contribution in [2.45, 2.75) is 13.1 Å². The Bertz CT molecular complexity index is 318. The quantitative estimate of drug-likeness (QED) is 0.884. The largest absolute Gasteiger partial charge is 0.326 e. The summed E-state index contributed by atoms with van der Waals surface area (Å²) in [5.41, 5.74) is 8.18. The smallest absolute Gasteiger partial charge is 0.0234 e. The van der Waals surface area contributed by atoms with Crippen molar-refractivity contribution < 1.29 is 0 Å². The second kappa shape index (κ2) is 6.97. The van der Waals surface area contributed by atoms with Crippen LogP contribution >= 0.6 is 12.4 Å². The molecule has 0 aliphatic carbocycles. The summed E-state index contributed by atoms with van der Waals surface area (Å²) in [5.74, 6) is 0. The maximum Gasteiger partial charge on any atom is 0.0234 e. The second-order valence-electron chi connectivity index (χ2n) is 4.60. The van der Waals surface area contributed by atoms with E-state index in [-0.39, 0.29) is 12.4 Å². The molecule has 0 aromatic heterocycles. The van der Waals surface area contributed by atoms with Crippen LogP contribution in [0.5, 0.6) is 0 Å². The van der Waals surface area contributed by atoms with Gasteiger partial charge in [-0.05, 0) is 18.2 Å². The molecule has 2 N–H and O–H groups in total. The number of rotatable bonds is 3. The van der Waals surface area contributed by atoms with E-state index in [1.807, 2.05) is 0 Å². The third kappa shape index (κ3) is 4.28. The van der Waals surface area contributed by atoms with Gasteiger partial charge in [-0.3, -0.25) is 4.90 Å². The van der Waals surface area contributed by atoms with E-state index < -0.39 is 0 Å². The minimum atomic E-state index is 0. The van der Waals surface area contributed by atoms with Gasteiger partial charge in [-0.15, -0.1) is 12.4 Å². The minimum Gasteiger partial charge on any atom is -0.326 e. The van der Waals surface area contributed by atoms with Crippen molar-refractivity contribution in [3.8, 4) is 0 Å². The van der Waals surface area contributed by atoms with Gasteiger partial charge in [-0.1, -0.05) is 24.3 Å². The van der Waals surface area contributed by atoms with Gasteiger partial charge in [0.15, 0.2) is 0 Å². The zero-order valence-corrected chi connectivity index (χ0v) is 11.2. The molecule has 1 fully saturated rings. The number of hydrogen-bond donors (Lipinski definition) is 1. The predicted molar refractivity (Wildman–Crippen MR) is 74.4 cm³/mol. The topological polar surface area (TPSA) is 32.5 Å². The van der Waals surface area contributed by atoms with E-state index in [1.54, 1.807) is 0 Å². The first kappa shape index (κ1) is 14.5. The van der Waals surface area contributed by atoms with Crippen molar-refractivity contribution in [1.29, 1.82) is 0 Å². The van der Waals surface area contributed by atoms with Crippen LogP contribution in [0.25, 0.3) is 0 Å². The van der Waals surface area contributed by atoms with E-state index in [9.17, 15) is 0 Å². The van der Waals surface area contributed by atoms with Gasteiger partial charge in [0.1, 0.15) is 0 Å². The Morgan fingerprint density at radius 1 is 1.00 bits per heavy atom. The van der Waals surface area contributed by atoms with Crippen molar-refractivity contribution in [1.82, 2.24) is 9.80 Å². The van der Waals surface area contributed by atoms with E-state index in [4.69, 9.17) is 5.73 Å². The number of piperazine rings is 1. The van der Waals surface area contributed by atoms with Crippen molar-refractivity contribution in [3.05, 3.63) is 35.4 Å². The first-order valence-corrected chi connectivity index (χ1v) is 5.97. The van der Waals surface area contributed by atoms with Crippen LogP contribution < -0.4 is 5.73 Å². The molecule has 0 unspecified atom stereocenters. The molecule has 0 amide bonds. The van der Waals surface area contributed by atoms with Crippen LogP contribution in [0.2, 0.25) is 0 Å². The Labute approximate surface area is 110 Å². The Morgan fingerprint density at radius 2 is 1.53 bits per heavy atom. The van der Waals surface area contributed by atoms with Gasteiger partial charge < -0.3 is 10.6 Å². The fourth-order valence-corrected chi connectivity index (χ4v) is 2.04. The molecule has 4 heteroatoms. The molecule has 2 rings (SSSR count). The molecule has 1 aliphatic rings. The number of halogens is 1. The summed E-state index contributed by atoms with van der Waals surface area (Å²) in [5, 5.41) is 0. The number of nitrogens with two attached hydrogens (primary N) is 1. The van der Waals surface area contributed by atoms with Gasteiger partial charge in [-0.25, -0.2) is 0 Å². The third-order valence-corrected chi connectivity index (χ3v) is 3.26. The Balaban J connectivity index is 0.00000144. The molecule has 96 valence electrons. The molecule has 1 aromatic carbocycles. The fourth-order valence-electron chi connectivity index (χ4n) is 2.04. The molecule has 3 nitrogen and oxygen atoms in total. The Morgan fingerprint density at radius 3 is 2.06 bits per heavy atom. The molecule has 17 heavy (non-hydrogen) atoms. The van der Waals surface area contributed by atoms with Gasteiger partial charge in [0, 0.05) is 39.3 Å². The van der Waals surface area contributed by atoms with E-state index in [0.29, 0.717) is 6.54 Å².